The summed E-state index contributed by atoms with van der Waals surface area (Å²) < 4.78 is 10.6. The van der Waals surface area contributed by atoms with Crippen molar-refractivity contribution in [2.45, 2.75) is 53.0 Å². The molecule has 0 unspecified atom stereocenters. The topological polar surface area (TPSA) is 71.7 Å². The van der Waals surface area contributed by atoms with Gasteiger partial charge < -0.3 is 19.9 Å². The Bertz CT molecular complexity index is 686. The molecule has 2 N–H and O–H groups in total. The molecule has 0 aliphatic heterocycles. The van der Waals surface area contributed by atoms with E-state index in [1.54, 1.807) is 7.11 Å². The molecule has 27 heavy (non-hydrogen) atoms. The molecule has 0 saturated heterocycles. The van der Waals surface area contributed by atoms with Crippen molar-refractivity contribution in [3.8, 4) is 5.75 Å². The van der Waals surface area contributed by atoms with E-state index in [0.29, 0.717) is 6.54 Å². The maximum absolute atomic E-state index is 5.42. The summed E-state index contributed by atoms with van der Waals surface area (Å²) in [6.07, 6.45) is 3.75. The molecular weight excluding hydrogens is 340 g/mol. The quantitative estimate of drug-likeness (QED) is 0.379. The van der Waals surface area contributed by atoms with Crippen molar-refractivity contribution in [1.29, 1.82) is 0 Å². The fourth-order valence-corrected chi connectivity index (χ4v) is 2.91. The van der Waals surface area contributed by atoms with Crippen LogP contribution in [-0.2, 0) is 25.8 Å². The second-order valence-corrected chi connectivity index (χ2v) is 6.31. The van der Waals surface area contributed by atoms with E-state index in [1.165, 1.54) is 5.56 Å². The Balaban J connectivity index is 1.87. The number of nitrogens with zero attached hydrogens (tertiary/aromatic N) is 2. The van der Waals surface area contributed by atoms with Crippen LogP contribution in [0, 0.1) is 0 Å². The van der Waals surface area contributed by atoms with Gasteiger partial charge in [-0.25, -0.2) is 4.99 Å². The molecule has 6 nitrogen and oxygen atoms in total. The number of aryl methyl sites for hydroxylation is 3. The second kappa shape index (κ2) is 11.3. The van der Waals surface area contributed by atoms with E-state index in [4.69, 9.17) is 14.3 Å². The number of methoxy groups -OCH3 is 1. The Morgan fingerprint density at radius 3 is 2.52 bits per heavy atom. The van der Waals surface area contributed by atoms with Gasteiger partial charge in [0.2, 0.25) is 0 Å². The van der Waals surface area contributed by atoms with Gasteiger partial charge in [-0.05, 0) is 43.9 Å². The molecular formula is C21H32N4O2. The highest BCUT2D eigenvalue weighted by Crippen LogP contribution is 2.17. The lowest BCUT2D eigenvalue weighted by Crippen LogP contribution is -2.37. The van der Waals surface area contributed by atoms with Crippen LogP contribution in [0.25, 0.3) is 0 Å². The molecule has 0 amide bonds. The number of nitrogens with one attached hydrogen (secondary N) is 2. The molecule has 0 aliphatic carbocycles. The van der Waals surface area contributed by atoms with E-state index in [2.05, 4.69) is 48.7 Å². The van der Waals surface area contributed by atoms with E-state index in [9.17, 15) is 0 Å². The highest BCUT2D eigenvalue weighted by molar-refractivity contribution is 5.79. The fraction of sp³-hybridized carbons (Fsp3) is 0.524. The second-order valence-electron chi connectivity index (χ2n) is 6.31. The van der Waals surface area contributed by atoms with Crippen LogP contribution in [0.2, 0.25) is 0 Å². The number of benzene rings is 1. The van der Waals surface area contributed by atoms with Gasteiger partial charge in [0.15, 0.2) is 5.96 Å². The summed E-state index contributed by atoms with van der Waals surface area (Å²) in [5.74, 6) is 2.66. The van der Waals surface area contributed by atoms with Crippen molar-refractivity contribution in [3.63, 3.8) is 0 Å². The molecule has 0 fully saturated rings. The molecule has 0 spiro atoms. The van der Waals surface area contributed by atoms with Crippen molar-refractivity contribution >= 4 is 5.96 Å². The number of hydrogen-bond donors (Lipinski definition) is 2. The molecule has 1 aromatic heterocycles. The van der Waals surface area contributed by atoms with Crippen LogP contribution in [0.5, 0.6) is 5.75 Å². The number of rotatable bonds is 10. The van der Waals surface area contributed by atoms with Crippen molar-refractivity contribution in [3.05, 3.63) is 46.8 Å². The van der Waals surface area contributed by atoms with Crippen LogP contribution in [-0.4, -0.2) is 31.3 Å². The van der Waals surface area contributed by atoms with Crippen molar-refractivity contribution in [1.82, 2.24) is 15.8 Å². The largest absolute Gasteiger partial charge is 0.497 e. The van der Waals surface area contributed by atoms with Gasteiger partial charge in [0.25, 0.3) is 0 Å². The first-order chi connectivity index (χ1) is 13.2. The summed E-state index contributed by atoms with van der Waals surface area (Å²) in [6, 6.07) is 8.24. The van der Waals surface area contributed by atoms with Gasteiger partial charge >= 0.3 is 0 Å². The van der Waals surface area contributed by atoms with Gasteiger partial charge in [-0.3, -0.25) is 0 Å². The zero-order valence-corrected chi connectivity index (χ0v) is 17.0. The molecule has 2 rings (SSSR count). The zero-order chi connectivity index (χ0) is 19.5. The predicted octanol–water partition coefficient (Wildman–Crippen LogP) is 3.50. The first-order valence-electron chi connectivity index (χ1n) is 9.83. The average Bonchev–Trinajstić information content (AvgIpc) is 3.11. The molecule has 0 bridgehead atoms. The summed E-state index contributed by atoms with van der Waals surface area (Å²) >= 11 is 0. The van der Waals surface area contributed by atoms with Gasteiger partial charge in [0.1, 0.15) is 11.5 Å². The van der Waals surface area contributed by atoms with Gasteiger partial charge in [0.05, 0.1) is 19.3 Å². The SMILES string of the molecule is CCNC(=NCc1c(CC)noc1CC)NCCCc1ccc(OC)cc1. The first-order valence-corrected chi connectivity index (χ1v) is 9.83. The Morgan fingerprint density at radius 2 is 1.89 bits per heavy atom. The van der Waals surface area contributed by atoms with Crippen LogP contribution < -0.4 is 15.4 Å². The smallest absolute Gasteiger partial charge is 0.191 e. The monoisotopic (exact) mass is 372 g/mol. The van der Waals surface area contributed by atoms with E-state index < -0.39 is 0 Å². The number of hydrogen-bond acceptors (Lipinski definition) is 4. The first kappa shape index (κ1) is 20.8. The predicted molar refractivity (Wildman–Crippen MR) is 109 cm³/mol. The third kappa shape index (κ3) is 6.31. The summed E-state index contributed by atoms with van der Waals surface area (Å²) in [7, 11) is 1.69. The van der Waals surface area contributed by atoms with Crippen LogP contribution in [0.4, 0.5) is 0 Å². The van der Waals surface area contributed by atoms with E-state index in [1.807, 2.05) is 12.1 Å². The van der Waals surface area contributed by atoms with Gasteiger partial charge in [-0.15, -0.1) is 0 Å². The Hall–Kier alpha value is -2.50. The molecule has 0 atom stereocenters. The van der Waals surface area contributed by atoms with Crippen LogP contribution in [0.3, 0.4) is 0 Å². The highest BCUT2D eigenvalue weighted by atomic mass is 16.5. The number of aliphatic imine (C=N–C) groups is 1. The Kier molecular flexibility index (Phi) is 8.68. The minimum absolute atomic E-state index is 0.587. The van der Waals surface area contributed by atoms with Gasteiger partial charge in [0, 0.05) is 25.1 Å². The lowest BCUT2D eigenvalue weighted by atomic mass is 10.1. The molecule has 6 heteroatoms. The Morgan fingerprint density at radius 1 is 1.11 bits per heavy atom. The van der Waals surface area contributed by atoms with Crippen LogP contribution in [0.15, 0.2) is 33.8 Å². The molecule has 1 aromatic carbocycles. The van der Waals surface area contributed by atoms with E-state index in [-0.39, 0.29) is 0 Å². The van der Waals surface area contributed by atoms with Crippen molar-refractivity contribution in [2.75, 3.05) is 20.2 Å². The number of ether oxygens (including phenoxy) is 1. The summed E-state index contributed by atoms with van der Waals surface area (Å²) in [5, 5.41) is 10.9. The molecule has 0 saturated carbocycles. The van der Waals surface area contributed by atoms with Crippen LogP contribution >= 0.6 is 0 Å². The minimum atomic E-state index is 0.587. The molecule has 2 aromatic rings. The lowest BCUT2D eigenvalue weighted by Gasteiger charge is -2.11. The molecule has 0 radical (unpaired) electrons. The molecule has 1 heterocycles. The third-order valence-corrected chi connectivity index (χ3v) is 4.44. The van der Waals surface area contributed by atoms with Crippen molar-refractivity contribution in [2.24, 2.45) is 4.99 Å². The van der Waals surface area contributed by atoms with Crippen molar-refractivity contribution < 1.29 is 9.26 Å². The van der Waals surface area contributed by atoms with E-state index >= 15 is 0 Å². The maximum Gasteiger partial charge on any atom is 0.191 e. The summed E-state index contributed by atoms with van der Waals surface area (Å²) in [6.45, 7) is 8.52. The van der Waals surface area contributed by atoms with E-state index in [0.717, 1.165) is 67.5 Å². The van der Waals surface area contributed by atoms with Gasteiger partial charge in [-0.1, -0.05) is 31.1 Å². The normalized spacial score (nSPS) is 11.5. The zero-order valence-electron chi connectivity index (χ0n) is 17.0. The lowest BCUT2D eigenvalue weighted by molar-refractivity contribution is 0.380. The van der Waals surface area contributed by atoms with Crippen LogP contribution in [0.1, 0.15) is 49.8 Å². The van der Waals surface area contributed by atoms with Gasteiger partial charge in [-0.2, -0.15) is 0 Å². The summed E-state index contributed by atoms with van der Waals surface area (Å²) in [5.41, 5.74) is 3.44. The molecule has 0 aliphatic rings. The fourth-order valence-electron chi connectivity index (χ4n) is 2.91. The highest BCUT2D eigenvalue weighted by Gasteiger charge is 2.13. The third-order valence-electron chi connectivity index (χ3n) is 4.44. The maximum atomic E-state index is 5.42. The summed E-state index contributed by atoms with van der Waals surface area (Å²) in [4.78, 5) is 4.72. The average molecular weight is 373 g/mol. The number of guanidine groups is 1. The molecule has 148 valence electrons. The Labute approximate surface area is 162 Å². The minimum Gasteiger partial charge on any atom is -0.497 e. The standard InChI is InChI=1S/C21H32N4O2/c1-5-19-18(20(6-2)27-25-19)15-24-21(22-7-3)23-14-8-9-16-10-12-17(26-4)13-11-16/h10-13H,5-9,14-15H2,1-4H3,(H2,22,23,24). The number of aromatic nitrogens is 1.